The lowest BCUT2D eigenvalue weighted by atomic mass is 10.1. The van der Waals surface area contributed by atoms with Gasteiger partial charge in [0.2, 0.25) is 5.96 Å². The minimum atomic E-state index is -4.08. The van der Waals surface area contributed by atoms with Crippen molar-refractivity contribution in [1.29, 1.82) is 5.41 Å². The van der Waals surface area contributed by atoms with E-state index in [-0.39, 0.29) is 41.8 Å². The molecule has 6 N–H and O–H groups in total. The van der Waals surface area contributed by atoms with Crippen LogP contribution in [0.1, 0.15) is 12.6 Å². The van der Waals surface area contributed by atoms with E-state index in [0.717, 1.165) is 11.0 Å². The first-order valence-electron chi connectivity index (χ1n) is 12.8. The van der Waals surface area contributed by atoms with Gasteiger partial charge in [0, 0.05) is 5.25 Å². The molecule has 19 nitrogen and oxygen atoms in total. The van der Waals surface area contributed by atoms with E-state index in [9.17, 15) is 14.6 Å². The van der Waals surface area contributed by atoms with Gasteiger partial charge in [-0.1, -0.05) is 5.21 Å². The van der Waals surface area contributed by atoms with E-state index >= 15 is 4.39 Å². The van der Waals surface area contributed by atoms with Crippen molar-refractivity contribution in [1.82, 2.24) is 35.2 Å². The number of alkyl halides is 1. The number of amides is 1. The fourth-order valence-corrected chi connectivity index (χ4v) is 9.82. The van der Waals surface area contributed by atoms with Crippen LogP contribution in [0, 0.1) is 5.41 Å². The number of ether oxygens (including phenoxy) is 1. The highest BCUT2D eigenvalue weighted by Crippen LogP contribution is 2.55. The first kappa shape index (κ1) is 30.5. The normalized spacial score (nSPS) is 41.0. The molecular formula is C19H22FN11O8P2S3. The number of thioether (sulfide) groups is 1. The van der Waals surface area contributed by atoms with Gasteiger partial charge < -0.3 is 38.7 Å². The van der Waals surface area contributed by atoms with Crippen molar-refractivity contribution in [2.75, 3.05) is 18.9 Å². The van der Waals surface area contributed by atoms with Crippen LogP contribution < -0.4 is 11.1 Å². The number of hydrogen-bond acceptors (Lipinski definition) is 17. The van der Waals surface area contributed by atoms with Gasteiger partial charge in [-0.2, -0.15) is 9.67 Å². The van der Waals surface area contributed by atoms with Gasteiger partial charge in [-0.3, -0.25) is 25.0 Å². The van der Waals surface area contributed by atoms with Gasteiger partial charge in [-0.05, 0) is 30.0 Å². The Labute approximate surface area is 260 Å². The molecule has 3 unspecified atom stereocenters. The van der Waals surface area contributed by atoms with Crippen molar-refractivity contribution < 1.29 is 41.8 Å². The Morgan fingerprint density at radius 1 is 1.18 bits per heavy atom. The van der Waals surface area contributed by atoms with E-state index in [1.807, 2.05) is 0 Å². The first-order chi connectivity index (χ1) is 20.9. The molecule has 5 aliphatic heterocycles. The molecule has 2 aromatic heterocycles. The summed E-state index contributed by atoms with van der Waals surface area (Å²) in [6.07, 6.45) is -4.31. The lowest BCUT2D eigenvalue weighted by Crippen LogP contribution is -2.51. The number of carbonyl (C=O) groups excluding carboxylic acids is 1. The third-order valence-corrected chi connectivity index (χ3v) is 11.8. The molecule has 5 aliphatic rings. The molecule has 2 aromatic rings. The predicted molar refractivity (Wildman–Crippen MR) is 158 cm³/mol. The summed E-state index contributed by atoms with van der Waals surface area (Å²) in [4.78, 5) is 52.2. The van der Waals surface area contributed by atoms with Crippen LogP contribution in [0.3, 0.4) is 0 Å². The molecule has 0 saturated carbocycles. The molecule has 10 atom stereocenters. The number of amidine groups is 1. The van der Waals surface area contributed by atoms with Crippen LogP contribution >= 0.6 is 25.2 Å². The minimum absolute atomic E-state index is 0.0211. The summed E-state index contributed by atoms with van der Waals surface area (Å²) < 4.78 is 45.7. The number of hydrogen-bond donors (Lipinski definition) is 5. The molecule has 3 fully saturated rings. The highest BCUT2D eigenvalue weighted by atomic mass is 32.5. The Kier molecular flexibility index (Phi) is 7.82. The third kappa shape index (κ3) is 5.58. The summed E-state index contributed by atoms with van der Waals surface area (Å²) >= 11 is 11.8. The van der Waals surface area contributed by atoms with Gasteiger partial charge in [0.15, 0.2) is 35.4 Å². The average Bonchev–Trinajstić information content (AvgIpc) is 3.72. The van der Waals surface area contributed by atoms with Crippen LogP contribution in [0.25, 0.3) is 11.2 Å². The number of carbonyl (C=O) groups is 1. The Bertz CT molecular complexity index is 1700. The lowest BCUT2D eigenvalue weighted by molar-refractivity contribution is -0.119. The molecule has 0 aliphatic carbocycles. The van der Waals surface area contributed by atoms with Crippen molar-refractivity contribution in [2.24, 2.45) is 9.98 Å². The molecule has 0 aromatic carbocycles. The maximum atomic E-state index is 16.0. The number of aromatic nitrogens is 5. The summed E-state index contributed by atoms with van der Waals surface area (Å²) in [5.41, 5.74) is 6.02. The number of anilines is 1. The number of fused-ring (bicyclic) bond motifs is 5. The Balaban J connectivity index is 1.15. The van der Waals surface area contributed by atoms with Gasteiger partial charge in [0.25, 0.3) is 5.91 Å². The quantitative estimate of drug-likeness (QED) is 0.242. The number of aliphatic imine (C=N–C) groups is 2. The van der Waals surface area contributed by atoms with Gasteiger partial charge >= 0.3 is 13.4 Å². The Hall–Kier alpha value is -2.14. The Morgan fingerprint density at radius 2 is 1.95 bits per heavy atom. The summed E-state index contributed by atoms with van der Waals surface area (Å²) in [5.74, 6) is -0.642. The highest BCUT2D eigenvalue weighted by Gasteiger charge is 2.52. The van der Waals surface area contributed by atoms with Gasteiger partial charge in [-0.15, -0.1) is 16.9 Å². The van der Waals surface area contributed by atoms with E-state index < -0.39 is 73.3 Å². The number of nitrogens with two attached hydrogens (primary N) is 1. The van der Waals surface area contributed by atoms with Crippen molar-refractivity contribution in [3.63, 3.8) is 0 Å². The largest absolute Gasteiger partial charge is 0.382 e. The Morgan fingerprint density at radius 3 is 2.77 bits per heavy atom. The zero-order valence-corrected chi connectivity index (χ0v) is 26.1. The van der Waals surface area contributed by atoms with Crippen LogP contribution in [0.2, 0.25) is 0 Å². The molecule has 7 rings (SSSR count). The minimum Gasteiger partial charge on any atom is -0.382 e. The standard InChI is InChI=1S/C19H22FN11O8P2S3/c20-9-12-8(37-17(9)31-14-10(28-29-31)13(21)23-4-24-14)3-36-40(33,42)38-7-1-6(2-35-41(34,43)39-12)44-18(7)30-5-25-11-15(30)26-19(22)27-16(11)32/h4-9,11-12,17-18H,1-3H2,(H,33,42)(H,34,43)(H2,21,23,24)(H2,22,27,32)/t6-,7+,8+,9-,11?,12+,17+,18+,40?,41?/m0/s1. The van der Waals surface area contributed by atoms with Gasteiger partial charge in [-0.25, -0.2) is 14.4 Å². The van der Waals surface area contributed by atoms with Crippen LogP contribution in [0.15, 0.2) is 16.3 Å². The summed E-state index contributed by atoms with van der Waals surface area (Å²) in [6, 6.07) is -0.959. The van der Waals surface area contributed by atoms with E-state index in [0.29, 0.717) is 0 Å². The highest BCUT2D eigenvalue weighted by molar-refractivity contribution is 8.07. The second-order valence-corrected chi connectivity index (χ2v) is 17.0. The first-order valence-corrected chi connectivity index (χ1v) is 18.9. The number of nitrogens with one attached hydrogen (secondary N) is 2. The molecular weight excluding hydrogens is 687 g/mol. The summed E-state index contributed by atoms with van der Waals surface area (Å²) in [5, 5.41) is 16.9. The molecule has 2 bridgehead atoms. The van der Waals surface area contributed by atoms with Crippen molar-refractivity contribution in [3.05, 3.63) is 6.33 Å². The zero-order valence-electron chi connectivity index (χ0n) is 21.9. The fraction of sp³-hybridized carbons (Fsp3) is 0.579. The van der Waals surface area contributed by atoms with Crippen LogP contribution in [-0.4, -0.2) is 118 Å². The lowest BCUT2D eigenvalue weighted by Gasteiger charge is -2.32. The predicted octanol–water partition coefficient (Wildman–Crippen LogP) is -0.703. The number of guanidine groups is 1. The smallest absolute Gasteiger partial charge is 0.325 e. The van der Waals surface area contributed by atoms with E-state index in [1.165, 1.54) is 18.1 Å². The third-order valence-electron chi connectivity index (χ3n) is 7.13. The van der Waals surface area contributed by atoms with Gasteiger partial charge in [0.1, 0.15) is 29.7 Å². The number of halogens is 1. The number of nitrogen functional groups attached to an aromatic ring is 1. The topological polar surface area (TPSA) is 250 Å². The second-order valence-electron chi connectivity index (χ2n) is 9.98. The second kappa shape index (κ2) is 11.3. The molecule has 236 valence electrons. The zero-order chi connectivity index (χ0) is 31.0. The average molecular weight is 710 g/mol. The van der Waals surface area contributed by atoms with Crippen molar-refractivity contribution in [3.8, 4) is 0 Å². The SMILES string of the molecule is N=C1N=C2C(N=CN2[C@@H]2S[C@@H]3COP(O)(=S)O[C@H]4[C@H](F)[C@H](n5nnc6c(N)ncnc65)O[C@@H]4COP(O)(=S)O[C@@H]2C3)C(=O)N1. The number of rotatable bonds is 2. The monoisotopic (exact) mass is 709 g/mol. The van der Waals surface area contributed by atoms with E-state index in [1.54, 1.807) is 4.90 Å². The van der Waals surface area contributed by atoms with Crippen LogP contribution in [0.4, 0.5) is 10.2 Å². The van der Waals surface area contributed by atoms with Crippen molar-refractivity contribution >= 4 is 89.8 Å². The molecule has 25 heteroatoms. The molecule has 1 amide bonds. The number of nitrogens with zero attached hydrogens (tertiary/aromatic N) is 8. The maximum absolute atomic E-state index is 16.0. The molecule has 3 saturated heterocycles. The summed E-state index contributed by atoms with van der Waals surface area (Å²) in [7, 11) is 0. The molecule has 7 heterocycles. The van der Waals surface area contributed by atoms with Crippen LogP contribution in [0.5, 0.6) is 0 Å². The molecule has 0 radical (unpaired) electrons. The fourth-order valence-electron chi connectivity index (χ4n) is 5.23. The van der Waals surface area contributed by atoms with E-state index in [2.05, 4.69) is 35.6 Å². The molecule has 0 spiro atoms. The molecule has 44 heavy (non-hydrogen) atoms. The summed E-state index contributed by atoms with van der Waals surface area (Å²) in [6.45, 7) is -8.78. The maximum Gasteiger partial charge on any atom is 0.325 e. The van der Waals surface area contributed by atoms with E-state index in [4.69, 9.17) is 57.6 Å². The van der Waals surface area contributed by atoms with Crippen LogP contribution in [-0.2, 0) is 51.2 Å². The van der Waals surface area contributed by atoms with Crippen molar-refractivity contribution in [2.45, 2.75) is 53.8 Å². The van der Waals surface area contributed by atoms with Gasteiger partial charge in [0.05, 0.1) is 25.7 Å².